The number of nitrogens with zero attached hydrogens (tertiary/aromatic N) is 2. The predicted octanol–water partition coefficient (Wildman–Crippen LogP) is 3.27. The number of hydrogen-bond donors (Lipinski definition) is 0. The second kappa shape index (κ2) is 4.91. The van der Waals surface area contributed by atoms with E-state index in [0.29, 0.717) is 15.7 Å². The summed E-state index contributed by atoms with van der Waals surface area (Å²) in [6, 6.07) is 5.06. The molecule has 0 fully saturated rings. The van der Waals surface area contributed by atoms with Crippen LogP contribution >= 0.6 is 34.9 Å². The number of rotatable bonds is 3. The highest BCUT2D eigenvalue weighted by atomic mass is 35.5. The van der Waals surface area contributed by atoms with Gasteiger partial charge in [-0.2, -0.15) is 8.75 Å². The van der Waals surface area contributed by atoms with Crippen LogP contribution in [0.15, 0.2) is 24.4 Å². The molecule has 0 atom stereocenters. The molecule has 0 amide bonds. The number of Topliss-reactive ketones (excluding diaryl/α,β-unsaturated/α-hetero) is 1. The second-order valence-corrected chi connectivity index (χ2v) is 4.53. The van der Waals surface area contributed by atoms with Gasteiger partial charge in [0.2, 0.25) is 0 Å². The van der Waals surface area contributed by atoms with E-state index in [4.69, 9.17) is 23.2 Å². The standard InChI is InChI=1S/C10H6Cl2N2OS/c11-7-2-1-6(8(12)4-7)3-10(15)9-5-13-16-14-9/h1-2,4-5H,3H2. The minimum absolute atomic E-state index is 0.0991. The lowest BCUT2D eigenvalue weighted by atomic mass is 10.1. The van der Waals surface area contributed by atoms with E-state index < -0.39 is 0 Å². The van der Waals surface area contributed by atoms with Crippen molar-refractivity contribution in [2.45, 2.75) is 6.42 Å². The minimum Gasteiger partial charge on any atom is -0.292 e. The first-order chi connectivity index (χ1) is 7.66. The highest BCUT2D eigenvalue weighted by Gasteiger charge is 2.12. The number of hydrogen-bond acceptors (Lipinski definition) is 4. The van der Waals surface area contributed by atoms with Gasteiger partial charge in [0.25, 0.3) is 0 Å². The van der Waals surface area contributed by atoms with Gasteiger partial charge < -0.3 is 0 Å². The van der Waals surface area contributed by atoms with Crippen LogP contribution in [0, 0.1) is 0 Å². The number of ketones is 1. The molecule has 2 rings (SSSR count). The topological polar surface area (TPSA) is 42.9 Å². The van der Waals surface area contributed by atoms with Crippen LogP contribution in [-0.2, 0) is 6.42 Å². The largest absolute Gasteiger partial charge is 0.292 e. The van der Waals surface area contributed by atoms with E-state index in [1.54, 1.807) is 18.2 Å². The van der Waals surface area contributed by atoms with Crippen molar-refractivity contribution in [1.29, 1.82) is 0 Å². The predicted molar refractivity (Wildman–Crippen MR) is 64.4 cm³/mol. The summed E-state index contributed by atoms with van der Waals surface area (Å²) in [4.78, 5) is 11.7. The van der Waals surface area contributed by atoms with Crippen LogP contribution < -0.4 is 0 Å². The molecule has 0 saturated heterocycles. The van der Waals surface area contributed by atoms with Gasteiger partial charge in [-0.05, 0) is 17.7 Å². The number of carbonyl (C=O) groups is 1. The monoisotopic (exact) mass is 272 g/mol. The Bertz CT molecular complexity index is 514. The zero-order valence-electron chi connectivity index (χ0n) is 7.98. The average Bonchev–Trinajstić information content (AvgIpc) is 2.75. The van der Waals surface area contributed by atoms with Crippen molar-refractivity contribution in [2.24, 2.45) is 0 Å². The Morgan fingerprint density at radius 3 is 2.81 bits per heavy atom. The quantitative estimate of drug-likeness (QED) is 0.806. The van der Waals surface area contributed by atoms with Gasteiger partial charge in [0, 0.05) is 16.5 Å². The van der Waals surface area contributed by atoms with Gasteiger partial charge in [-0.15, -0.1) is 0 Å². The summed E-state index contributed by atoms with van der Waals surface area (Å²) in [5, 5.41) is 1.04. The van der Waals surface area contributed by atoms with Crippen molar-refractivity contribution >= 4 is 40.7 Å². The van der Waals surface area contributed by atoms with E-state index in [2.05, 4.69) is 8.75 Å². The van der Waals surface area contributed by atoms with Gasteiger partial charge in [0.05, 0.1) is 17.9 Å². The molecule has 1 heterocycles. The molecule has 0 aliphatic rings. The Hall–Kier alpha value is -0.970. The lowest BCUT2D eigenvalue weighted by Gasteiger charge is -2.02. The Balaban J connectivity index is 2.18. The number of aromatic nitrogens is 2. The average molecular weight is 273 g/mol. The lowest BCUT2D eigenvalue weighted by molar-refractivity contribution is 0.0989. The Kier molecular flexibility index (Phi) is 3.53. The highest BCUT2D eigenvalue weighted by Crippen LogP contribution is 2.22. The molecular formula is C10H6Cl2N2OS. The third-order valence-electron chi connectivity index (χ3n) is 2.01. The summed E-state index contributed by atoms with van der Waals surface area (Å²) >= 11 is 12.7. The summed E-state index contributed by atoms with van der Waals surface area (Å²) in [6.45, 7) is 0. The van der Waals surface area contributed by atoms with Crippen molar-refractivity contribution in [2.75, 3.05) is 0 Å². The smallest absolute Gasteiger partial charge is 0.188 e. The molecule has 6 heteroatoms. The van der Waals surface area contributed by atoms with Gasteiger partial charge in [-0.1, -0.05) is 29.3 Å². The van der Waals surface area contributed by atoms with Crippen LogP contribution in [0.1, 0.15) is 16.1 Å². The summed E-state index contributed by atoms with van der Waals surface area (Å²) in [6.07, 6.45) is 1.66. The van der Waals surface area contributed by atoms with E-state index in [1.165, 1.54) is 6.20 Å². The zero-order chi connectivity index (χ0) is 11.5. The third kappa shape index (κ3) is 2.58. The van der Waals surface area contributed by atoms with Gasteiger partial charge in [0.15, 0.2) is 5.78 Å². The maximum atomic E-state index is 11.7. The van der Waals surface area contributed by atoms with Crippen LogP contribution in [0.2, 0.25) is 10.0 Å². The van der Waals surface area contributed by atoms with E-state index in [-0.39, 0.29) is 12.2 Å². The van der Waals surface area contributed by atoms with Gasteiger partial charge in [-0.3, -0.25) is 4.79 Å². The molecule has 16 heavy (non-hydrogen) atoms. The van der Waals surface area contributed by atoms with E-state index in [0.717, 1.165) is 17.3 Å². The molecular weight excluding hydrogens is 267 g/mol. The molecule has 1 aromatic heterocycles. The van der Waals surface area contributed by atoms with Crippen LogP contribution in [-0.4, -0.2) is 14.5 Å². The molecule has 0 saturated carbocycles. The first-order valence-corrected chi connectivity index (χ1v) is 5.90. The molecule has 0 spiro atoms. The van der Waals surface area contributed by atoms with Crippen LogP contribution in [0.3, 0.4) is 0 Å². The first-order valence-electron chi connectivity index (χ1n) is 4.41. The molecule has 0 unspecified atom stereocenters. The SMILES string of the molecule is O=C(Cc1ccc(Cl)cc1Cl)c1cnsn1. The summed E-state index contributed by atoms with van der Waals surface area (Å²) < 4.78 is 7.65. The number of benzene rings is 1. The number of halogens is 2. The lowest BCUT2D eigenvalue weighted by Crippen LogP contribution is -2.04. The first kappa shape index (κ1) is 11.5. The maximum Gasteiger partial charge on any atom is 0.188 e. The molecule has 0 aliphatic carbocycles. The van der Waals surface area contributed by atoms with Gasteiger partial charge >= 0.3 is 0 Å². The molecule has 0 radical (unpaired) electrons. The van der Waals surface area contributed by atoms with Crippen molar-refractivity contribution in [3.63, 3.8) is 0 Å². The molecule has 3 nitrogen and oxygen atoms in total. The van der Waals surface area contributed by atoms with Crippen molar-refractivity contribution in [3.8, 4) is 0 Å². The zero-order valence-corrected chi connectivity index (χ0v) is 10.3. The molecule has 0 aliphatic heterocycles. The van der Waals surface area contributed by atoms with E-state index in [1.807, 2.05) is 0 Å². The van der Waals surface area contributed by atoms with Crippen LogP contribution in [0.25, 0.3) is 0 Å². The normalized spacial score (nSPS) is 10.4. The summed E-state index contributed by atoms with van der Waals surface area (Å²) in [7, 11) is 0. The molecule has 2 aromatic rings. The molecule has 82 valence electrons. The van der Waals surface area contributed by atoms with Crippen molar-refractivity contribution in [3.05, 3.63) is 45.7 Å². The second-order valence-electron chi connectivity index (χ2n) is 3.13. The fourth-order valence-corrected chi connectivity index (χ4v) is 2.12. The summed E-state index contributed by atoms with van der Waals surface area (Å²) in [5.74, 6) is -0.0991. The fourth-order valence-electron chi connectivity index (χ4n) is 1.22. The van der Waals surface area contributed by atoms with E-state index in [9.17, 15) is 4.79 Å². The molecule has 1 aromatic carbocycles. The Morgan fingerprint density at radius 2 is 2.19 bits per heavy atom. The van der Waals surface area contributed by atoms with Crippen LogP contribution in [0.4, 0.5) is 0 Å². The minimum atomic E-state index is -0.0991. The van der Waals surface area contributed by atoms with Crippen LogP contribution in [0.5, 0.6) is 0 Å². The van der Waals surface area contributed by atoms with Gasteiger partial charge in [0.1, 0.15) is 5.69 Å². The molecule has 0 bridgehead atoms. The van der Waals surface area contributed by atoms with E-state index >= 15 is 0 Å². The highest BCUT2D eigenvalue weighted by molar-refractivity contribution is 6.99. The van der Waals surface area contributed by atoms with Crippen molar-refractivity contribution in [1.82, 2.24) is 8.75 Å². The van der Waals surface area contributed by atoms with Crippen molar-refractivity contribution < 1.29 is 4.79 Å². The number of carbonyl (C=O) groups excluding carboxylic acids is 1. The molecule has 0 N–H and O–H groups in total. The third-order valence-corrected chi connectivity index (χ3v) is 3.08. The summed E-state index contributed by atoms with van der Waals surface area (Å²) in [5.41, 5.74) is 1.11. The van der Waals surface area contributed by atoms with Gasteiger partial charge in [-0.25, -0.2) is 0 Å². The maximum absolute atomic E-state index is 11.7. The Morgan fingerprint density at radius 1 is 1.38 bits per heavy atom. The fraction of sp³-hybridized carbons (Fsp3) is 0.100. The Labute approximate surface area is 106 Å².